The predicted molar refractivity (Wildman–Crippen MR) is 157 cm³/mol. The van der Waals surface area contributed by atoms with Crippen LogP contribution in [0.1, 0.15) is 155 Å². The number of benzene rings is 1. The normalized spacial score (nSPS) is 20.2. The Bertz CT molecular complexity index is 812. The zero-order valence-corrected chi connectivity index (χ0v) is 25.2. The molecule has 37 heavy (non-hydrogen) atoms. The molecule has 0 aliphatic heterocycles. The maximum Gasteiger partial charge on any atom is 0.119 e. The summed E-state index contributed by atoms with van der Waals surface area (Å²) in [6.07, 6.45) is 21.2. The highest BCUT2D eigenvalue weighted by atomic mass is 16.5. The molecule has 0 radical (unpaired) electrons. The average Bonchev–Trinajstić information content (AvgIpc) is 2.84. The topological polar surface area (TPSA) is 38.7 Å². The lowest BCUT2D eigenvalue weighted by molar-refractivity contribution is -0.162. The first-order valence-corrected chi connectivity index (χ1v) is 15.7. The molecule has 1 aromatic rings. The van der Waals surface area contributed by atoms with E-state index in [2.05, 4.69) is 47.6 Å². The van der Waals surface area contributed by atoms with Crippen molar-refractivity contribution in [2.75, 3.05) is 0 Å². The summed E-state index contributed by atoms with van der Waals surface area (Å²) in [7, 11) is 0. The number of aromatic hydroxyl groups is 1. The second kappa shape index (κ2) is 13.3. The minimum absolute atomic E-state index is 0.00263. The van der Waals surface area contributed by atoms with Crippen LogP contribution in [0.4, 0.5) is 0 Å². The zero-order chi connectivity index (χ0) is 27.0. The number of hydrogen-bond donors (Lipinski definition) is 1. The zero-order valence-electron chi connectivity index (χ0n) is 25.2. The van der Waals surface area contributed by atoms with Gasteiger partial charge in [0.2, 0.25) is 0 Å². The van der Waals surface area contributed by atoms with Gasteiger partial charge in [-0.05, 0) is 83.4 Å². The van der Waals surface area contributed by atoms with Crippen LogP contribution >= 0.6 is 0 Å². The summed E-state index contributed by atoms with van der Waals surface area (Å²) < 4.78 is 14.1. The molecule has 0 aromatic heterocycles. The largest absolute Gasteiger partial charge is 0.508 e. The van der Waals surface area contributed by atoms with Gasteiger partial charge in [-0.1, -0.05) is 90.2 Å². The highest BCUT2D eigenvalue weighted by Gasteiger charge is 2.40. The van der Waals surface area contributed by atoms with Crippen LogP contribution in [0.3, 0.4) is 0 Å². The van der Waals surface area contributed by atoms with Gasteiger partial charge >= 0.3 is 0 Å². The molecule has 212 valence electrons. The molecule has 0 amide bonds. The number of rotatable bonds is 14. The fraction of sp³-hybridized carbons (Fsp3) is 0.824. The van der Waals surface area contributed by atoms with E-state index in [1.54, 1.807) is 0 Å². The SMILES string of the molecule is CCCCC1(OC(C)(C)Cc2cccc(O)c2CC(C)(C)OC2(CCCC)CCCCC2)CCCCC1. The van der Waals surface area contributed by atoms with Gasteiger partial charge in [-0.3, -0.25) is 0 Å². The smallest absolute Gasteiger partial charge is 0.119 e. The van der Waals surface area contributed by atoms with Gasteiger partial charge in [0.05, 0.1) is 22.4 Å². The summed E-state index contributed by atoms with van der Waals surface area (Å²) in [4.78, 5) is 0. The molecule has 0 bridgehead atoms. The van der Waals surface area contributed by atoms with Gasteiger partial charge in [0, 0.05) is 12.8 Å². The highest BCUT2D eigenvalue weighted by Crippen LogP contribution is 2.42. The van der Waals surface area contributed by atoms with Crippen LogP contribution in [-0.2, 0) is 22.3 Å². The van der Waals surface area contributed by atoms with Crippen molar-refractivity contribution in [3.63, 3.8) is 0 Å². The van der Waals surface area contributed by atoms with E-state index in [4.69, 9.17) is 9.47 Å². The molecular weight excluding hydrogens is 456 g/mol. The van der Waals surface area contributed by atoms with Crippen molar-refractivity contribution in [2.24, 2.45) is 0 Å². The number of phenolic OH excluding ortho intramolecular Hbond substituents is 1. The van der Waals surface area contributed by atoms with Crippen LogP contribution in [0.5, 0.6) is 5.75 Å². The fourth-order valence-electron chi connectivity index (χ4n) is 7.32. The van der Waals surface area contributed by atoms with Gasteiger partial charge in [-0.15, -0.1) is 0 Å². The van der Waals surface area contributed by atoms with Crippen LogP contribution < -0.4 is 0 Å². The molecule has 2 saturated carbocycles. The number of phenols is 1. The van der Waals surface area contributed by atoms with E-state index >= 15 is 0 Å². The first kappa shape index (κ1) is 30.5. The van der Waals surface area contributed by atoms with Gasteiger partial charge in [0.25, 0.3) is 0 Å². The van der Waals surface area contributed by atoms with Gasteiger partial charge in [0.1, 0.15) is 5.75 Å². The van der Waals surface area contributed by atoms with E-state index in [1.807, 2.05) is 12.1 Å². The molecule has 0 heterocycles. The molecule has 1 N–H and O–H groups in total. The highest BCUT2D eigenvalue weighted by molar-refractivity contribution is 5.41. The van der Waals surface area contributed by atoms with Crippen LogP contribution in [0, 0.1) is 0 Å². The maximum absolute atomic E-state index is 11.1. The summed E-state index contributed by atoms with van der Waals surface area (Å²) in [6, 6.07) is 6.04. The fourth-order valence-corrected chi connectivity index (χ4v) is 7.32. The van der Waals surface area contributed by atoms with Crippen molar-refractivity contribution in [1.82, 2.24) is 0 Å². The Balaban J connectivity index is 1.78. The Morgan fingerprint density at radius 2 is 1.16 bits per heavy atom. The lowest BCUT2D eigenvalue weighted by Crippen LogP contribution is -2.45. The molecule has 3 nitrogen and oxygen atoms in total. The minimum atomic E-state index is -0.338. The molecule has 0 atom stereocenters. The molecule has 0 spiro atoms. The Morgan fingerprint density at radius 1 is 0.703 bits per heavy atom. The lowest BCUT2D eigenvalue weighted by Gasteiger charge is -2.45. The van der Waals surface area contributed by atoms with Crippen LogP contribution in [0.25, 0.3) is 0 Å². The van der Waals surface area contributed by atoms with Crippen molar-refractivity contribution >= 4 is 0 Å². The molecule has 2 aliphatic rings. The van der Waals surface area contributed by atoms with Crippen molar-refractivity contribution in [3.05, 3.63) is 29.3 Å². The van der Waals surface area contributed by atoms with Crippen molar-refractivity contribution < 1.29 is 14.6 Å². The Kier molecular flexibility index (Phi) is 11.0. The maximum atomic E-state index is 11.1. The molecule has 0 unspecified atom stereocenters. The van der Waals surface area contributed by atoms with Crippen molar-refractivity contribution in [3.8, 4) is 5.75 Å². The summed E-state index contributed by atoms with van der Waals surface area (Å²) in [5.41, 5.74) is 1.63. The van der Waals surface area contributed by atoms with Crippen molar-refractivity contribution in [1.29, 1.82) is 0 Å². The molecule has 1 aromatic carbocycles. The number of hydrogen-bond acceptors (Lipinski definition) is 3. The molecule has 3 rings (SSSR count). The minimum Gasteiger partial charge on any atom is -0.508 e. The van der Waals surface area contributed by atoms with Gasteiger partial charge in [-0.25, -0.2) is 0 Å². The second-order valence-corrected chi connectivity index (χ2v) is 13.7. The van der Waals surface area contributed by atoms with Crippen LogP contribution in [0.2, 0.25) is 0 Å². The molecule has 2 aliphatic carbocycles. The first-order chi connectivity index (χ1) is 17.5. The Labute approximate surface area is 229 Å². The third-order valence-corrected chi connectivity index (χ3v) is 8.95. The number of unbranched alkanes of at least 4 members (excludes halogenated alkanes) is 2. The van der Waals surface area contributed by atoms with Gasteiger partial charge in [0.15, 0.2) is 0 Å². The van der Waals surface area contributed by atoms with E-state index < -0.39 is 0 Å². The van der Waals surface area contributed by atoms with Crippen molar-refractivity contribution in [2.45, 2.75) is 180 Å². The van der Waals surface area contributed by atoms with E-state index in [0.717, 1.165) is 24.8 Å². The van der Waals surface area contributed by atoms with E-state index in [1.165, 1.54) is 102 Å². The van der Waals surface area contributed by atoms with E-state index in [0.29, 0.717) is 5.75 Å². The molecule has 3 heteroatoms. The van der Waals surface area contributed by atoms with Gasteiger partial charge in [-0.2, -0.15) is 0 Å². The third-order valence-electron chi connectivity index (χ3n) is 8.95. The third kappa shape index (κ3) is 8.99. The summed E-state index contributed by atoms with van der Waals surface area (Å²) >= 11 is 0. The van der Waals surface area contributed by atoms with E-state index in [-0.39, 0.29) is 22.4 Å². The molecule has 0 saturated heterocycles. The van der Waals surface area contributed by atoms with Crippen LogP contribution in [-0.4, -0.2) is 27.5 Å². The molecule has 2 fully saturated rings. The first-order valence-electron chi connectivity index (χ1n) is 15.7. The molecular formula is C34H58O3. The summed E-state index contributed by atoms with van der Waals surface area (Å²) in [5.74, 6) is 0.398. The van der Waals surface area contributed by atoms with E-state index in [9.17, 15) is 5.11 Å². The quantitative estimate of drug-likeness (QED) is 0.268. The predicted octanol–water partition coefficient (Wildman–Crippen LogP) is 9.85. The average molecular weight is 515 g/mol. The second-order valence-electron chi connectivity index (χ2n) is 13.7. The van der Waals surface area contributed by atoms with Crippen LogP contribution in [0.15, 0.2) is 18.2 Å². The Hall–Kier alpha value is -1.06. The number of ether oxygens (including phenoxy) is 2. The Morgan fingerprint density at radius 3 is 1.62 bits per heavy atom. The lowest BCUT2D eigenvalue weighted by atomic mass is 9.79. The monoisotopic (exact) mass is 514 g/mol. The summed E-state index contributed by atoms with van der Waals surface area (Å²) in [6.45, 7) is 13.5. The summed E-state index contributed by atoms with van der Waals surface area (Å²) in [5, 5.41) is 11.1. The standard InChI is InChI=1S/C34H58O3/c1-7-9-20-33(22-13-11-14-23-33)36-31(3,4)26-28-18-17-19-30(35)29(28)27-32(5,6)37-34(21-10-8-2)24-15-12-16-25-34/h17-19,35H,7-16,20-27H2,1-6H3. The van der Waals surface area contributed by atoms with Gasteiger partial charge < -0.3 is 14.6 Å².